The van der Waals surface area contributed by atoms with Gasteiger partial charge in [-0.05, 0) is 61.5 Å². The molecular weight excluding hydrogens is 946 g/mol. The van der Waals surface area contributed by atoms with E-state index < -0.39 is 51.9 Å². The zero-order valence-electron chi connectivity index (χ0n) is 35.2. The maximum atomic E-state index is 13.7. The Morgan fingerprint density at radius 2 is 0.730 bits per heavy atom. The maximum Gasteiger partial charge on any atom is 0.403 e. The van der Waals surface area contributed by atoms with Gasteiger partial charge in [-0.15, -0.1) is 27.1 Å². The highest BCUT2D eigenvalue weighted by atomic mass is 31.3. The Hall–Kier alpha value is -3.92. The van der Waals surface area contributed by atoms with E-state index >= 15 is 0 Å². The van der Waals surface area contributed by atoms with Crippen LogP contribution < -0.4 is 22.8 Å². The summed E-state index contributed by atoms with van der Waals surface area (Å²) in [6, 6.07) is 24.5. The molecule has 0 spiro atoms. The minimum absolute atomic E-state index is 0.0627. The summed E-state index contributed by atoms with van der Waals surface area (Å²) in [5, 5.41) is 10.1. The first-order chi connectivity index (χ1) is 30.1. The molecule has 2 aliphatic rings. The van der Waals surface area contributed by atoms with Gasteiger partial charge >= 0.3 is 51.9 Å². The van der Waals surface area contributed by atoms with Crippen molar-refractivity contribution in [2.24, 2.45) is 27.1 Å². The van der Waals surface area contributed by atoms with Crippen LogP contribution in [0.25, 0.3) is 0 Å². The number of esters is 1. The highest BCUT2D eigenvalue weighted by Gasteiger charge is 2.45. The van der Waals surface area contributed by atoms with Gasteiger partial charge in [-0.2, -0.15) is 0 Å². The van der Waals surface area contributed by atoms with Gasteiger partial charge in [-0.1, -0.05) is 30.3 Å². The number of phenolic OH excluding ortho intramolecular Hbond substituents is 1. The first kappa shape index (κ1) is 48.5. The van der Waals surface area contributed by atoms with E-state index in [0.717, 1.165) is 0 Å². The smallest absolute Gasteiger partial charge is 0.403 e. The van der Waals surface area contributed by atoms with Crippen molar-refractivity contribution in [2.75, 3.05) is 56.9 Å². The number of rotatable bonds is 19. The molecule has 2 aliphatic heterocycles. The maximum absolute atomic E-state index is 13.7. The van der Waals surface area contributed by atoms with Gasteiger partial charge < -0.3 is 64.1 Å². The molecule has 1 N–H and O–H groups in total. The van der Waals surface area contributed by atoms with Gasteiger partial charge in [0, 0.05) is 74.6 Å². The van der Waals surface area contributed by atoms with E-state index in [-0.39, 0.29) is 45.8 Å². The lowest BCUT2D eigenvalue weighted by atomic mass is 10.1. The number of ether oxygens (including phenoxy) is 1. The molecule has 28 heteroatoms. The number of carbonyl (C=O) groups is 2. The number of carbonyl (C=O) groups excluding carboxylic acids is 2. The van der Waals surface area contributed by atoms with Crippen molar-refractivity contribution in [1.82, 2.24) is 0 Å². The van der Waals surface area contributed by atoms with Crippen LogP contribution in [0.5, 0.6) is 34.5 Å². The molecule has 2 heterocycles. The van der Waals surface area contributed by atoms with Crippen LogP contribution in [0.4, 0.5) is 0 Å². The number of hydrogen-bond acceptors (Lipinski definition) is 22. The molecule has 6 rings (SSSR count). The molecule has 4 aromatic rings. The Kier molecular flexibility index (Phi) is 15.5. The molecule has 0 saturated carbocycles. The number of benzene rings is 4. The normalized spacial score (nSPS) is 24.3. The standard InChI is InChI=1S/C35H44N6O16P6/c1-26(42)27-14-10-18-31(22-27)54-60(49-6)36-58(45-2,46-3)37-61(40-60,50-7)55-32-19-11-15-28(23-32)35(44)53-30-17-13-21-34(25-30)57-63(52-9)39-59(47-4,48-5)38-62(41-63,51-8)56-33-20-12-16-29(43)24-33/h10-25,43H,1-9H3. The second-order valence-electron chi connectivity index (χ2n) is 12.3. The summed E-state index contributed by atoms with van der Waals surface area (Å²) in [5.41, 5.74) is 0.447. The molecule has 4 atom stereocenters. The second kappa shape index (κ2) is 20.1. The van der Waals surface area contributed by atoms with Crippen molar-refractivity contribution in [3.63, 3.8) is 0 Å². The molecule has 4 unspecified atom stereocenters. The van der Waals surface area contributed by atoms with Gasteiger partial charge in [0.2, 0.25) is 0 Å². The van der Waals surface area contributed by atoms with Crippen LogP contribution in [0.15, 0.2) is 124 Å². The van der Waals surface area contributed by atoms with Gasteiger partial charge in [0.25, 0.3) is 0 Å². The van der Waals surface area contributed by atoms with Gasteiger partial charge in [-0.25, -0.2) is 4.79 Å². The number of phenols is 1. The Bertz CT molecular complexity index is 2730. The van der Waals surface area contributed by atoms with Crippen LogP contribution in [-0.2, 0) is 36.2 Å². The first-order valence-corrected chi connectivity index (χ1v) is 27.2. The molecule has 0 aromatic heterocycles. The van der Waals surface area contributed by atoms with E-state index in [1.54, 1.807) is 54.6 Å². The second-order valence-corrected chi connectivity index (χ2v) is 26.1. The largest absolute Gasteiger partial charge is 0.508 e. The minimum atomic E-state index is -3.81. The highest BCUT2D eigenvalue weighted by molar-refractivity contribution is 7.79. The third kappa shape index (κ3) is 11.1. The molecule has 4 aromatic carbocycles. The highest BCUT2D eigenvalue weighted by Crippen LogP contribution is 2.80. The van der Waals surface area contributed by atoms with E-state index in [0.29, 0.717) is 5.56 Å². The average Bonchev–Trinajstić information content (AvgIpc) is 3.29. The Labute approximate surface area is 364 Å². The van der Waals surface area contributed by atoms with Gasteiger partial charge in [-0.3, -0.25) is 4.79 Å². The van der Waals surface area contributed by atoms with Crippen LogP contribution in [0.1, 0.15) is 27.6 Å². The lowest BCUT2D eigenvalue weighted by molar-refractivity contribution is 0.0734. The fourth-order valence-corrected chi connectivity index (χ4v) is 22.9. The van der Waals surface area contributed by atoms with Gasteiger partial charge in [0.1, 0.15) is 34.5 Å². The topological polar surface area (TPSA) is 249 Å². The van der Waals surface area contributed by atoms with E-state index in [9.17, 15) is 14.7 Å². The van der Waals surface area contributed by atoms with Crippen molar-refractivity contribution in [3.05, 3.63) is 108 Å². The van der Waals surface area contributed by atoms with Gasteiger partial charge in [0.15, 0.2) is 5.78 Å². The number of aromatic hydroxyl groups is 1. The summed E-state index contributed by atoms with van der Waals surface area (Å²) >= 11 is 0. The van der Waals surface area contributed by atoms with Crippen molar-refractivity contribution in [1.29, 1.82) is 0 Å². The molecule has 0 radical (unpaired) electrons. The molecule has 0 aliphatic carbocycles. The molecule has 340 valence electrons. The SMILES string of the molecule is COP1(OC)=NP(OC)(Oc2cccc(OC(=O)c3cccc(OP4(OC)=NP(OC)(OC)=NP(OC)(Oc5cccc(C(C)=O)c5)=N4)c3)c2)=NP(OC)(Oc2cccc(O)c2)=N1. The zero-order valence-corrected chi connectivity index (χ0v) is 40.5. The number of nitrogens with zero attached hydrogens (tertiary/aromatic N) is 6. The van der Waals surface area contributed by atoms with Crippen LogP contribution in [0.3, 0.4) is 0 Å². The van der Waals surface area contributed by atoms with Crippen molar-refractivity contribution in [2.45, 2.75) is 6.92 Å². The summed E-state index contributed by atoms with van der Waals surface area (Å²) in [5.74, 6) is -0.331. The number of ketones is 1. The lowest BCUT2D eigenvalue weighted by Gasteiger charge is -2.31. The molecule has 0 fully saturated rings. The summed E-state index contributed by atoms with van der Waals surface area (Å²) < 4.78 is 104. The predicted octanol–water partition coefficient (Wildman–Crippen LogP) is 12.6. The minimum Gasteiger partial charge on any atom is -0.508 e. The fourth-order valence-electron chi connectivity index (χ4n) is 5.29. The van der Waals surface area contributed by atoms with Crippen LogP contribution in [0, 0.1) is 0 Å². The monoisotopic (exact) mass is 990 g/mol. The Morgan fingerprint density at radius 3 is 1.14 bits per heavy atom. The predicted molar refractivity (Wildman–Crippen MR) is 237 cm³/mol. The quantitative estimate of drug-likeness (QED) is 0.0397. The van der Waals surface area contributed by atoms with Crippen LogP contribution >= 0.6 is 46.0 Å². The fraction of sp³-hybridized carbons (Fsp3) is 0.257. The number of Topliss-reactive ketones (excluding diaryl/α,β-unsaturated/α-hetero) is 1. The average molecular weight is 991 g/mol. The molecule has 0 bridgehead atoms. The van der Waals surface area contributed by atoms with Crippen molar-refractivity contribution < 1.29 is 73.7 Å². The van der Waals surface area contributed by atoms with Crippen LogP contribution in [-0.4, -0.2) is 73.7 Å². The molecule has 0 saturated heterocycles. The number of hydrogen-bond donors (Lipinski definition) is 1. The van der Waals surface area contributed by atoms with Gasteiger partial charge in [0.05, 0.1) is 5.56 Å². The molecular formula is C35H44N6O16P6. The summed E-state index contributed by atoms with van der Waals surface area (Å²) in [4.78, 5) is 25.8. The Morgan fingerprint density at radius 1 is 0.413 bits per heavy atom. The van der Waals surface area contributed by atoms with E-state index in [1.165, 1.54) is 106 Å². The van der Waals surface area contributed by atoms with E-state index in [1.807, 2.05) is 0 Å². The van der Waals surface area contributed by atoms with Crippen molar-refractivity contribution >= 4 is 57.7 Å². The zero-order chi connectivity index (χ0) is 45.5. The van der Waals surface area contributed by atoms with E-state index in [2.05, 4.69) is 22.6 Å². The Balaban J connectivity index is 1.29. The third-order valence-corrected chi connectivity index (χ3v) is 24.8. The summed E-state index contributed by atoms with van der Waals surface area (Å²) in [7, 11) is -11.4. The lowest BCUT2D eigenvalue weighted by Crippen LogP contribution is -2.09. The van der Waals surface area contributed by atoms with Crippen LogP contribution in [0.2, 0.25) is 0 Å². The first-order valence-electron chi connectivity index (χ1n) is 18.0. The van der Waals surface area contributed by atoms with Crippen molar-refractivity contribution in [3.8, 4) is 34.5 Å². The molecule has 22 nitrogen and oxygen atoms in total. The summed E-state index contributed by atoms with van der Waals surface area (Å²) in [6.07, 6.45) is 0. The summed E-state index contributed by atoms with van der Waals surface area (Å²) in [6.45, 7) is 1.42. The van der Waals surface area contributed by atoms with E-state index in [4.69, 9.17) is 63.5 Å². The third-order valence-electron chi connectivity index (χ3n) is 8.30. The molecule has 0 amide bonds. The molecule has 63 heavy (non-hydrogen) atoms.